The molecular weight excluding hydrogens is 154 g/mol. The molecule has 1 aliphatic rings. The summed E-state index contributed by atoms with van der Waals surface area (Å²) >= 11 is 0. The fraction of sp³-hybridized carbons (Fsp3) is 0.889. The molecule has 1 saturated heterocycles. The van der Waals surface area contributed by atoms with Gasteiger partial charge >= 0.3 is 0 Å². The smallest absolute Gasteiger partial charge is 0.219 e. The highest BCUT2D eigenvalue weighted by atomic mass is 16.3. The number of amides is 1. The van der Waals surface area contributed by atoms with Crippen LogP contribution in [0.15, 0.2) is 0 Å². The first kappa shape index (κ1) is 11.4. The summed E-state index contributed by atoms with van der Waals surface area (Å²) in [6, 6.07) is 0. The monoisotopic (exact) mass is 173 g/mol. The molecule has 1 rings (SSSR count). The highest BCUT2D eigenvalue weighted by Gasteiger charge is 2.03. The van der Waals surface area contributed by atoms with Gasteiger partial charge in [-0.25, -0.2) is 0 Å². The molecule has 0 saturated carbocycles. The van der Waals surface area contributed by atoms with Crippen LogP contribution in [-0.2, 0) is 4.79 Å². The summed E-state index contributed by atoms with van der Waals surface area (Å²) in [4.78, 5) is 10.6. The van der Waals surface area contributed by atoms with E-state index < -0.39 is 0 Å². The number of hydrogen-bond donors (Lipinski definition) is 2. The van der Waals surface area contributed by atoms with Crippen LogP contribution in [0.1, 0.15) is 39.5 Å². The van der Waals surface area contributed by atoms with Gasteiger partial charge in [-0.3, -0.25) is 4.79 Å². The maximum absolute atomic E-state index is 10.6. The van der Waals surface area contributed by atoms with Gasteiger partial charge in [0.2, 0.25) is 5.91 Å². The summed E-state index contributed by atoms with van der Waals surface area (Å²) in [6.45, 7) is 4.33. The topological polar surface area (TPSA) is 49.3 Å². The van der Waals surface area contributed by atoms with E-state index in [1.807, 2.05) is 0 Å². The van der Waals surface area contributed by atoms with Gasteiger partial charge in [-0.2, -0.15) is 0 Å². The van der Waals surface area contributed by atoms with E-state index in [1.54, 1.807) is 13.8 Å². The first-order chi connectivity index (χ1) is 5.63. The molecule has 0 aliphatic carbocycles. The lowest BCUT2D eigenvalue weighted by atomic mass is 10.2. The van der Waals surface area contributed by atoms with Crippen molar-refractivity contribution in [2.24, 2.45) is 0 Å². The zero-order valence-electron chi connectivity index (χ0n) is 7.97. The number of carbonyl (C=O) groups is 1. The van der Waals surface area contributed by atoms with Crippen LogP contribution in [0, 0.1) is 0 Å². The molecule has 0 radical (unpaired) electrons. The largest absolute Gasteiger partial charge is 0.394 e. The molecule has 1 amide bonds. The predicted octanol–water partition coefficient (Wildman–Crippen LogP) is 1.06. The van der Waals surface area contributed by atoms with Gasteiger partial charge in [0.25, 0.3) is 0 Å². The van der Waals surface area contributed by atoms with Gasteiger partial charge < -0.3 is 10.4 Å². The number of hydrogen-bond acceptors (Lipinski definition) is 2. The van der Waals surface area contributed by atoms with Gasteiger partial charge in [-0.05, 0) is 26.7 Å². The summed E-state index contributed by atoms with van der Waals surface area (Å²) < 4.78 is 0. The number of nitrogens with one attached hydrogen (secondary N) is 1. The van der Waals surface area contributed by atoms with Crippen LogP contribution >= 0.6 is 0 Å². The number of aliphatic hydroxyl groups excluding tert-OH is 1. The lowest BCUT2D eigenvalue weighted by Gasteiger charge is -1.93. The second-order valence-corrected chi connectivity index (χ2v) is 3.25. The van der Waals surface area contributed by atoms with Gasteiger partial charge in [0, 0.05) is 19.1 Å². The number of carbonyl (C=O) groups excluding carboxylic acids is 1. The van der Waals surface area contributed by atoms with Crippen molar-refractivity contribution in [1.29, 1.82) is 0 Å². The summed E-state index contributed by atoms with van der Waals surface area (Å²) in [5.41, 5.74) is 0. The zero-order chi connectivity index (χ0) is 9.40. The Kier molecular flexibility index (Phi) is 6.76. The minimum absolute atomic E-state index is 0.167. The van der Waals surface area contributed by atoms with Crippen molar-refractivity contribution in [1.82, 2.24) is 5.32 Å². The lowest BCUT2D eigenvalue weighted by Crippen LogP contribution is -2.21. The molecule has 3 heteroatoms. The van der Waals surface area contributed by atoms with Gasteiger partial charge in [0.05, 0.1) is 0 Å². The second-order valence-electron chi connectivity index (χ2n) is 3.25. The quantitative estimate of drug-likeness (QED) is 0.575. The highest BCUT2D eigenvalue weighted by molar-refractivity contribution is 5.75. The molecule has 0 aromatic carbocycles. The average Bonchev–Trinajstić information content (AvgIpc) is 2.14. The zero-order valence-corrected chi connectivity index (χ0v) is 7.97. The number of aliphatic hydroxyl groups is 1. The van der Waals surface area contributed by atoms with Crippen LogP contribution in [0.4, 0.5) is 0 Å². The molecule has 0 aromatic heterocycles. The lowest BCUT2D eigenvalue weighted by molar-refractivity contribution is -0.120. The Balaban J connectivity index is 0.000000261. The third-order valence-corrected chi connectivity index (χ3v) is 1.40. The van der Waals surface area contributed by atoms with E-state index in [2.05, 4.69) is 5.32 Å². The Labute approximate surface area is 74.2 Å². The SMILES string of the molecule is CC(C)O.O=C1CCCCCN1. The minimum Gasteiger partial charge on any atom is -0.394 e. The van der Waals surface area contributed by atoms with Crippen molar-refractivity contribution in [3.8, 4) is 0 Å². The molecule has 0 aromatic rings. The molecule has 1 aliphatic heterocycles. The molecule has 0 spiro atoms. The van der Waals surface area contributed by atoms with Crippen LogP contribution in [0.2, 0.25) is 0 Å². The summed E-state index contributed by atoms with van der Waals surface area (Å²) in [6.07, 6.45) is 4.01. The standard InChI is InChI=1S/C6H11NO.C3H8O/c8-6-4-2-1-3-5-7-6;1-3(2)4/h1-5H2,(H,7,8);3-4H,1-2H3. The molecule has 0 atom stereocenters. The maximum atomic E-state index is 10.6. The Hall–Kier alpha value is -0.570. The summed E-state index contributed by atoms with van der Waals surface area (Å²) in [5, 5.41) is 10.9. The van der Waals surface area contributed by atoms with Crippen molar-refractivity contribution in [3.63, 3.8) is 0 Å². The molecule has 2 N–H and O–H groups in total. The van der Waals surface area contributed by atoms with Crippen molar-refractivity contribution in [2.75, 3.05) is 6.54 Å². The van der Waals surface area contributed by atoms with E-state index in [9.17, 15) is 4.79 Å². The normalized spacial score (nSPS) is 17.5. The third kappa shape index (κ3) is 9.43. The Bertz CT molecular complexity index is 111. The molecule has 0 unspecified atom stereocenters. The van der Waals surface area contributed by atoms with E-state index in [0.717, 1.165) is 25.8 Å². The molecule has 1 heterocycles. The Morgan fingerprint density at radius 3 is 2.50 bits per heavy atom. The van der Waals surface area contributed by atoms with Crippen LogP contribution in [0.5, 0.6) is 0 Å². The average molecular weight is 173 g/mol. The molecular formula is C9H19NO2. The van der Waals surface area contributed by atoms with Crippen LogP contribution in [-0.4, -0.2) is 23.7 Å². The summed E-state index contributed by atoms with van der Waals surface area (Å²) in [5.74, 6) is 0.225. The summed E-state index contributed by atoms with van der Waals surface area (Å²) in [7, 11) is 0. The fourth-order valence-corrected chi connectivity index (χ4v) is 0.904. The van der Waals surface area contributed by atoms with Crippen LogP contribution < -0.4 is 5.32 Å². The van der Waals surface area contributed by atoms with Gasteiger partial charge in [0.15, 0.2) is 0 Å². The van der Waals surface area contributed by atoms with Crippen LogP contribution in [0.25, 0.3) is 0 Å². The van der Waals surface area contributed by atoms with Crippen molar-refractivity contribution >= 4 is 5.91 Å². The van der Waals surface area contributed by atoms with Crippen molar-refractivity contribution in [2.45, 2.75) is 45.6 Å². The molecule has 3 nitrogen and oxygen atoms in total. The van der Waals surface area contributed by atoms with E-state index in [4.69, 9.17) is 5.11 Å². The second kappa shape index (κ2) is 7.10. The Morgan fingerprint density at radius 1 is 1.33 bits per heavy atom. The van der Waals surface area contributed by atoms with E-state index >= 15 is 0 Å². The molecule has 1 fully saturated rings. The van der Waals surface area contributed by atoms with Crippen molar-refractivity contribution < 1.29 is 9.90 Å². The van der Waals surface area contributed by atoms with Gasteiger partial charge in [-0.1, -0.05) is 6.42 Å². The van der Waals surface area contributed by atoms with Gasteiger partial charge in [-0.15, -0.1) is 0 Å². The van der Waals surface area contributed by atoms with Crippen LogP contribution in [0.3, 0.4) is 0 Å². The van der Waals surface area contributed by atoms with E-state index in [0.29, 0.717) is 0 Å². The predicted molar refractivity (Wildman–Crippen MR) is 48.8 cm³/mol. The van der Waals surface area contributed by atoms with E-state index in [-0.39, 0.29) is 12.0 Å². The fourth-order valence-electron chi connectivity index (χ4n) is 0.904. The molecule has 72 valence electrons. The molecule has 0 bridgehead atoms. The van der Waals surface area contributed by atoms with Gasteiger partial charge in [0.1, 0.15) is 0 Å². The van der Waals surface area contributed by atoms with E-state index in [1.165, 1.54) is 6.42 Å². The third-order valence-electron chi connectivity index (χ3n) is 1.40. The minimum atomic E-state index is -0.167. The first-order valence-corrected chi connectivity index (χ1v) is 4.57. The highest BCUT2D eigenvalue weighted by Crippen LogP contribution is 2.02. The maximum Gasteiger partial charge on any atom is 0.219 e. The Morgan fingerprint density at radius 2 is 1.92 bits per heavy atom. The number of rotatable bonds is 0. The van der Waals surface area contributed by atoms with Crippen molar-refractivity contribution in [3.05, 3.63) is 0 Å². The molecule has 12 heavy (non-hydrogen) atoms. The first-order valence-electron chi connectivity index (χ1n) is 4.57.